The standard InChI is InChI=1S/C41H49F4N5O3S/c1-5-25(3)30(21-28(51)20-27-10-7-8-13-34(27)42)38(53)49-40(15-14-35-32(23-40)29-11-9-12-33(37(29)48-35)41(43,44)45)36(52)22-31(26(4)6-2)39(54)47-17-19-50-18-16-46-24-50/h7-13,16,18,24-26,30-31,48H,5-6,14-15,17,19-23H2,1-4H3,(H,47,54)(H,49,53)/t25?,26?,30-,31-,40+/m0/s1. The Morgan fingerprint density at radius 2 is 1.74 bits per heavy atom. The van der Waals surface area contributed by atoms with Crippen LogP contribution in [0, 0.1) is 29.5 Å². The van der Waals surface area contributed by atoms with Crippen LogP contribution in [-0.4, -0.2) is 49.1 Å². The fourth-order valence-corrected chi connectivity index (χ4v) is 7.97. The third kappa shape index (κ3) is 9.27. The number of carbonyl (C=O) groups is 3. The predicted octanol–water partition coefficient (Wildman–Crippen LogP) is 7.97. The number of nitrogens with one attached hydrogen (secondary N) is 3. The minimum absolute atomic E-state index is 0.000367. The number of Topliss-reactive ketones (excluding diaryl/α,β-unsaturated/α-hetero) is 2. The van der Waals surface area contributed by atoms with Gasteiger partial charge >= 0.3 is 6.18 Å². The molecular formula is C41H49F4N5O3S. The molecule has 3 N–H and O–H groups in total. The number of nitrogens with zero attached hydrogens (tertiary/aromatic N) is 2. The van der Waals surface area contributed by atoms with E-state index in [4.69, 9.17) is 12.2 Å². The normalized spacial score (nSPS) is 18.0. The van der Waals surface area contributed by atoms with Gasteiger partial charge in [0, 0.05) is 74.1 Å². The molecule has 0 bridgehead atoms. The van der Waals surface area contributed by atoms with Crippen LogP contribution in [0.5, 0.6) is 0 Å². The van der Waals surface area contributed by atoms with Crippen LogP contribution in [0.15, 0.2) is 61.2 Å². The Labute approximate surface area is 318 Å². The van der Waals surface area contributed by atoms with E-state index in [1.54, 1.807) is 30.7 Å². The summed E-state index contributed by atoms with van der Waals surface area (Å²) in [5, 5.41) is 6.76. The number of benzene rings is 2. The molecule has 0 spiro atoms. The number of carbonyl (C=O) groups excluding carboxylic acids is 3. The quantitative estimate of drug-likeness (QED) is 0.0744. The molecule has 2 aromatic heterocycles. The molecule has 0 saturated heterocycles. The topological polar surface area (TPSA) is 109 Å². The highest BCUT2D eigenvalue weighted by Crippen LogP contribution is 2.41. The lowest BCUT2D eigenvalue weighted by Crippen LogP contribution is -2.60. The lowest BCUT2D eigenvalue weighted by molar-refractivity contribution is -0.137. The number of hydrogen-bond acceptors (Lipinski definition) is 5. The second-order valence-electron chi connectivity index (χ2n) is 14.8. The summed E-state index contributed by atoms with van der Waals surface area (Å²) in [5.74, 6) is -3.03. The maximum Gasteiger partial charge on any atom is 0.418 e. The second-order valence-corrected chi connectivity index (χ2v) is 15.2. The zero-order valence-corrected chi connectivity index (χ0v) is 32.0. The molecule has 290 valence electrons. The molecule has 0 radical (unpaired) electrons. The first-order chi connectivity index (χ1) is 25.7. The summed E-state index contributed by atoms with van der Waals surface area (Å²) < 4.78 is 58.6. The van der Waals surface area contributed by atoms with Gasteiger partial charge in [-0.1, -0.05) is 83.1 Å². The molecule has 1 aliphatic rings. The number of alkyl halides is 3. The zero-order chi connectivity index (χ0) is 39.2. The minimum Gasteiger partial charge on any atom is -0.378 e. The van der Waals surface area contributed by atoms with E-state index in [0.717, 1.165) is 12.5 Å². The van der Waals surface area contributed by atoms with Crippen LogP contribution in [0.1, 0.15) is 82.2 Å². The van der Waals surface area contributed by atoms with Crippen molar-refractivity contribution in [3.8, 4) is 0 Å². The molecule has 0 saturated carbocycles. The van der Waals surface area contributed by atoms with E-state index in [0.29, 0.717) is 41.1 Å². The van der Waals surface area contributed by atoms with Gasteiger partial charge < -0.3 is 20.2 Å². The Morgan fingerprint density at radius 3 is 2.41 bits per heavy atom. The summed E-state index contributed by atoms with van der Waals surface area (Å²) in [4.78, 5) is 50.3. The van der Waals surface area contributed by atoms with Crippen LogP contribution in [0.2, 0.25) is 0 Å². The van der Waals surface area contributed by atoms with Crippen molar-refractivity contribution in [1.29, 1.82) is 0 Å². The maximum atomic E-state index is 14.9. The van der Waals surface area contributed by atoms with Gasteiger partial charge in [-0.2, -0.15) is 13.2 Å². The Morgan fingerprint density at radius 1 is 1.02 bits per heavy atom. The highest BCUT2D eigenvalue weighted by atomic mass is 32.1. The van der Waals surface area contributed by atoms with Crippen molar-refractivity contribution in [1.82, 2.24) is 25.2 Å². The third-order valence-electron chi connectivity index (χ3n) is 11.3. The number of para-hydroxylation sites is 1. The molecule has 54 heavy (non-hydrogen) atoms. The van der Waals surface area contributed by atoms with E-state index in [2.05, 4.69) is 20.6 Å². The van der Waals surface area contributed by atoms with Crippen LogP contribution in [0.4, 0.5) is 17.6 Å². The SMILES string of the molecule is CCC(C)[C@H](CC(=O)Cc1ccccc1F)C(=O)N[C@]1(C(=O)C[C@H](C(=S)NCCn2ccnc2)C(C)CC)CCc2[nH]c3c(C(F)(F)F)cccc3c2C1. The Bertz CT molecular complexity index is 1960. The first-order valence-electron chi connectivity index (χ1n) is 18.7. The van der Waals surface area contributed by atoms with Crippen molar-refractivity contribution in [3.63, 3.8) is 0 Å². The molecular weight excluding hydrogens is 719 g/mol. The molecule has 5 rings (SSSR count). The van der Waals surface area contributed by atoms with Crippen LogP contribution in [0.25, 0.3) is 10.9 Å². The van der Waals surface area contributed by atoms with Gasteiger partial charge in [0.25, 0.3) is 0 Å². The van der Waals surface area contributed by atoms with Gasteiger partial charge in [-0.15, -0.1) is 0 Å². The highest BCUT2D eigenvalue weighted by Gasteiger charge is 2.46. The zero-order valence-electron chi connectivity index (χ0n) is 31.2. The second kappa shape index (κ2) is 17.4. The molecule has 1 amide bonds. The van der Waals surface area contributed by atoms with Crippen LogP contribution in [-0.2, 0) is 46.4 Å². The minimum atomic E-state index is -4.60. The number of H-pyrrole nitrogens is 1. The van der Waals surface area contributed by atoms with E-state index >= 15 is 0 Å². The summed E-state index contributed by atoms with van der Waals surface area (Å²) in [7, 11) is 0. The first-order valence-corrected chi connectivity index (χ1v) is 19.1. The van der Waals surface area contributed by atoms with E-state index in [9.17, 15) is 31.9 Å². The molecule has 0 aliphatic heterocycles. The molecule has 5 atom stereocenters. The molecule has 8 nitrogen and oxygen atoms in total. The molecule has 0 fully saturated rings. The van der Waals surface area contributed by atoms with Gasteiger partial charge in [0.1, 0.15) is 17.1 Å². The van der Waals surface area contributed by atoms with Gasteiger partial charge in [-0.25, -0.2) is 9.37 Å². The van der Waals surface area contributed by atoms with Gasteiger partial charge in [-0.05, 0) is 47.9 Å². The summed E-state index contributed by atoms with van der Waals surface area (Å²) in [6, 6.07) is 9.98. The third-order valence-corrected chi connectivity index (χ3v) is 11.7. The Hall–Kier alpha value is -4.39. The molecule has 2 aromatic carbocycles. The number of ketones is 2. The lowest BCUT2D eigenvalue weighted by Gasteiger charge is -2.40. The van der Waals surface area contributed by atoms with Crippen molar-refractivity contribution in [3.05, 3.63) is 89.4 Å². The molecule has 2 heterocycles. The molecule has 1 aliphatic carbocycles. The van der Waals surface area contributed by atoms with Crippen molar-refractivity contribution in [2.75, 3.05) is 6.54 Å². The van der Waals surface area contributed by atoms with Crippen molar-refractivity contribution < 1.29 is 31.9 Å². The van der Waals surface area contributed by atoms with E-state index in [-0.39, 0.29) is 78.9 Å². The summed E-state index contributed by atoms with van der Waals surface area (Å²) >= 11 is 5.87. The van der Waals surface area contributed by atoms with Gasteiger partial charge in [0.2, 0.25) is 5.91 Å². The Balaban J connectivity index is 1.47. The van der Waals surface area contributed by atoms with Crippen molar-refractivity contribution in [2.24, 2.45) is 23.7 Å². The predicted molar refractivity (Wildman–Crippen MR) is 204 cm³/mol. The average Bonchev–Trinajstić information content (AvgIpc) is 3.80. The lowest BCUT2D eigenvalue weighted by atomic mass is 9.72. The maximum absolute atomic E-state index is 14.9. The number of aromatic nitrogens is 3. The summed E-state index contributed by atoms with van der Waals surface area (Å²) in [5.41, 5.74) is -0.959. The van der Waals surface area contributed by atoms with Crippen LogP contribution >= 0.6 is 12.2 Å². The van der Waals surface area contributed by atoms with E-state index in [1.165, 1.54) is 18.2 Å². The smallest absolute Gasteiger partial charge is 0.378 e. The largest absolute Gasteiger partial charge is 0.418 e. The number of hydrogen-bond donors (Lipinski definition) is 3. The highest BCUT2D eigenvalue weighted by molar-refractivity contribution is 7.80. The fourth-order valence-electron chi connectivity index (χ4n) is 7.55. The molecule has 13 heteroatoms. The van der Waals surface area contributed by atoms with Crippen LogP contribution < -0.4 is 10.6 Å². The van der Waals surface area contributed by atoms with E-state index < -0.39 is 34.9 Å². The molecule has 4 aromatic rings. The number of imidazole rings is 1. The average molecular weight is 768 g/mol. The molecule has 2 unspecified atom stereocenters. The first kappa shape index (κ1) is 40.8. The van der Waals surface area contributed by atoms with Gasteiger partial charge in [0.05, 0.1) is 22.4 Å². The Kier molecular flexibility index (Phi) is 13.1. The number of amides is 1. The monoisotopic (exact) mass is 767 g/mol. The van der Waals surface area contributed by atoms with Gasteiger partial charge in [-0.3, -0.25) is 14.4 Å². The number of rotatable bonds is 17. The number of halogens is 4. The number of aryl methyl sites for hydroxylation is 1. The van der Waals surface area contributed by atoms with E-state index in [1.807, 2.05) is 38.5 Å². The summed E-state index contributed by atoms with van der Waals surface area (Å²) in [6.45, 7) is 8.92. The van der Waals surface area contributed by atoms with Crippen molar-refractivity contribution in [2.45, 2.75) is 97.3 Å². The number of thiocarbonyl (C=S) groups is 1. The fraction of sp³-hybridized carbons (Fsp3) is 0.488. The number of fused-ring (bicyclic) bond motifs is 3. The van der Waals surface area contributed by atoms with Crippen molar-refractivity contribution >= 4 is 45.6 Å². The summed E-state index contributed by atoms with van der Waals surface area (Å²) in [6.07, 6.45) is 1.91. The number of aromatic amines is 1. The van der Waals surface area contributed by atoms with Gasteiger partial charge in [0.15, 0.2) is 5.78 Å². The van der Waals surface area contributed by atoms with Crippen LogP contribution in [0.3, 0.4) is 0 Å².